The maximum atomic E-state index is 9.56. The van der Waals surface area contributed by atoms with Crippen LogP contribution in [0.15, 0.2) is 12.3 Å². The van der Waals surface area contributed by atoms with Crippen molar-refractivity contribution in [3.05, 3.63) is 18.0 Å². The highest BCUT2D eigenvalue weighted by Crippen LogP contribution is 2.09. The fourth-order valence-electron chi connectivity index (χ4n) is 1.23. The summed E-state index contributed by atoms with van der Waals surface area (Å²) in [6.45, 7) is 4.06. The van der Waals surface area contributed by atoms with Gasteiger partial charge in [-0.3, -0.25) is 4.68 Å². The number of aliphatic hydroxyl groups excluding tert-OH is 1. The molecule has 0 spiro atoms. The van der Waals surface area contributed by atoms with E-state index in [9.17, 15) is 5.11 Å². The van der Waals surface area contributed by atoms with Gasteiger partial charge < -0.3 is 5.11 Å². The van der Waals surface area contributed by atoms with Gasteiger partial charge in [0.25, 0.3) is 0 Å². The van der Waals surface area contributed by atoms with Crippen LogP contribution in [0.25, 0.3) is 0 Å². The third kappa shape index (κ3) is 3.19. The van der Waals surface area contributed by atoms with Gasteiger partial charge >= 0.3 is 0 Å². The maximum absolute atomic E-state index is 9.56. The van der Waals surface area contributed by atoms with Gasteiger partial charge in [-0.2, -0.15) is 5.10 Å². The van der Waals surface area contributed by atoms with E-state index in [0.29, 0.717) is 5.92 Å². The summed E-state index contributed by atoms with van der Waals surface area (Å²) in [5.74, 6) is 0.337. The zero-order chi connectivity index (χ0) is 9.84. The number of aliphatic hydroxyl groups is 1. The zero-order valence-corrected chi connectivity index (χ0v) is 8.57. The maximum Gasteiger partial charge on any atom is 0.0625 e. The first-order valence-corrected chi connectivity index (χ1v) is 4.76. The van der Waals surface area contributed by atoms with Crippen molar-refractivity contribution in [1.29, 1.82) is 0 Å². The molecule has 0 saturated carbocycles. The van der Waals surface area contributed by atoms with Crippen LogP contribution in [0.2, 0.25) is 0 Å². The van der Waals surface area contributed by atoms with Crippen LogP contribution in [0.5, 0.6) is 0 Å². The molecule has 1 aromatic heterocycles. The Morgan fingerprint density at radius 3 is 2.69 bits per heavy atom. The summed E-state index contributed by atoms with van der Waals surface area (Å²) >= 11 is 0. The topological polar surface area (TPSA) is 38.0 Å². The zero-order valence-electron chi connectivity index (χ0n) is 8.57. The fourth-order valence-corrected chi connectivity index (χ4v) is 1.23. The number of nitrogens with zero attached hydrogens (tertiary/aromatic N) is 2. The summed E-state index contributed by atoms with van der Waals surface area (Å²) in [5, 5.41) is 13.8. The highest BCUT2D eigenvalue weighted by Gasteiger charge is 2.09. The average Bonchev–Trinajstić information content (AvgIpc) is 2.47. The molecule has 74 valence electrons. The molecule has 3 heteroatoms. The molecule has 1 unspecified atom stereocenters. The highest BCUT2D eigenvalue weighted by molar-refractivity contribution is 4.98. The molecule has 0 fully saturated rings. The summed E-state index contributed by atoms with van der Waals surface area (Å²) in [4.78, 5) is 0. The molecule has 0 aliphatic heterocycles. The minimum atomic E-state index is -0.206. The Balaban J connectivity index is 2.35. The fraction of sp³-hybridized carbons (Fsp3) is 0.700. The van der Waals surface area contributed by atoms with E-state index in [1.165, 1.54) is 0 Å². The summed E-state index contributed by atoms with van der Waals surface area (Å²) < 4.78 is 1.79. The van der Waals surface area contributed by atoms with Crippen LogP contribution in [0.1, 0.15) is 26.0 Å². The summed E-state index contributed by atoms with van der Waals surface area (Å²) in [7, 11) is 1.91. The molecule has 3 nitrogen and oxygen atoms in total. The third-order valence-corrected chi connectivity index (χ3v) is 2.23. The number of hydrogen-bond acceptors (Lipinski definition) is 2. The second-order valence-electron chi connectivity index (χ2n) is 3.83. The average molecular weight is 182 g/mol. The van der Waals surface area contributed by atoms with Crippen LogP contribution >= 0.6 is 0 Å². The summed E-state index contributed by atoms with van der Waals surface area (Å²) in [6.07, 6.45) is 3.38. The monoisotopic (exact) mass is 182 g/mol. The molecular weight excluding hydrogens is 164 g/mol. The second kappa shape index (κ2) is 4.42. The van der Waals surface area contributed by atoms with Gasteiger partial charge in [-0.15, -0.1) is 0 Å². The Kier molecular flexibility index (Phi) is 3.48. The largest absolute Gasteiger partial charge is 0.393 e. The Hall–Kier alpha value is -0.830. The molecule has 13 heavy (non-hydrogen) atoms. The molecule has 0 amide bonds. The van der Waals surface area contributed by atoms with E-state index >= 15 is 0 Å². The van der Waals surface area contributed by atoms with Gasteiger partial charge in [0.1, 0.15) is 0 Å². The Bertz CT molecular complexity index is 255. The van der Waals surface area contributed by atoms with Gasteiger partial charge in [0, 0.05) is 13.2 Å². The van der Waals surface area contributed by atoms with Gasteiger partial charge in [0.2, 0.25) is 0 Å². The third-order valence-electron chi connectivity index (χ3n) is 2.23. The van der Waals surface area contributed by atoms with Crippen molar-refractivity contribution < 1.29 is 5.11 Å². The molecule has 1 heterocycles. The smallest absolute Gasteiger partial charge is 0.0625 e. The van der Waals surface area contributed by atoms with Crippen LogP contribution in [-0.4, -0.2) is 21.0 Å². The predicted octanol–water partition coefficient (Wildman–Crippen LogP) is 1.37. The van der Waals surface area contributed by atoms with Crippen molar-refractivity contribution in [3.8, 4) is 0 Å². The lowest BCUT2D eigenvalue weighted by atomic mass is 10.0. The highest BCUT2D eigenvalue weighted by atomic mass is 16.3. The van der Waals surface area contributed by atoms with Gasteiger partial charge in [0.05, 0.1) is 11.8 Å². The lowest BCUT2D eigenvalue weighted by Crippen LogP contribution is -2.15. The molecule has 1 aromatic rings. The molecule has 0 aliphatic rings. The van der Waals surface area contributed by atoms with Gasteiger partial charge in [0.15, 0.2) is 0 Å². The number of rotatable bonds is 4. The van der Waals surface area contributed by atoms with Crippen molar-refractivity contribution >= 4 is 0 Å². The van der Waals surface area contributed by atoms with Gasteiger partial charge in [-0.25, -0.2) is 0 Å². The van der Waals surface area contributed by atoms with Crippen LogP contribution in [0.4, 0.5) is 0 Å². The lowest BCUT2D eigenvalue weighted by molar-refractivity contribution is 0.116. The second-order valence-corrected chi connectivity index (χ2v) is 3.83. The molecule has 0 bridgehead atoms. The Morgan fingerprint density at radius 1 is 1.54 bits per heavy atom. The van der Waals surface area contributed by atoms with E-state index in [-0.39, 0.29) is 6.10 Å². The van der Waals surface area contributed by atoms with E-state index in [4.69, 9.17) is 0 Å². The van der Waals surface area contributed by atoms with Crippen LogP contribution in [0, 0.1) is 5.92 Å². The molecular formula is C10H18N2O. The van der Waals surface area contributed by atoms with Crippen molar-refractivity contribution in [2.45, 2.75) is 32.8 Å². The summed E-state index contributed by atoms with van der Waals surface area (Å²) in [5.41, 5.74) is 1.06. The van der Waals surface area contributed by atoms with Gasteiger partial charge in [-0.1, -0.05) is 13.8 Å². The normalized spacial score (nSPS) is 13.6. The van der Waals surface area contributed by atoms with E-state index < -0.39 is 0 Å². The molecule has 0 aliphatic carbocycles. The minimum absolute atomic E-state index is 0.206. The van der Waals surface area contributed by atoms with Crippen molar-refractivity contribution in [2.24, 2.45) is 13.0 Å². The molecule has 1 rings (SSSR count). The predicted molar refractivity (Wildman–Crippen MR) is 52.4 cm³/mol. The van der Waals surface area contributed by atoms with Crippen LogP contribution in [0.3, 0.4) is 0 Å². The minimum Gasteiger partial charge on any atom is -0.393 e. The van der Waals surface area contributed by atoms with Crippen LogP contribution < -0.4 is 0 Å². The molecule has 1 N–H and O–H groups in total. The number of hydrogen-bond donors (Lipinski definition) is 1. The first-order valence-electron chi connectivity index (χ1n) is 4.76. The first-order chi connectivity index (χ1) is 6.09. The lowest BCUT2D eigenvalue weighted by Gasteiger charge is -2.12. The van der Waals surface area contributed by atoms with E-state index in [0.717, 1.165) is 18.5 Å². The van der Waals surface area contributed by atoms with Crippen molar-refractivity contribution in [2.75, 3.05) is 0 Å². The standard InChI is InChI=1S/C10H18N2O/c1-8(2)10(13)5-4-9-6-7-12(3)11-9/h6-8,10,13H,4-5H2,1-3H3. The SMILES string of the molecule is CC(C)C(O)CCc1ccn(C)n1. The van der Waals surface area contributed by atoms with E-state index in [1.54, 1.807) is 4.68 Å². The quantitative estimate of drug-likeness (QED) is 0.763. The van der Waals surface area contributed by atoms with Gasteiger partial charge in [-0.05, 0) is 24.8 Å². The Labute approximate surface area is 79.4 Å². The molecule has 0 aromatic carbocycles. The Morgan fingerprint density at radius 2 is 2.23 bits per heavy atom. The molecule has 0 radical (unpaired) electrons. The first kappa shape index (κ1) is 10.3. The van der Waals surface area contributed by atoms with E-state index in [1.807, 2.05) is 33.2 Å². The van der Waals surface area contributed by atoms with E-state index in [2.05, 4.69) is 5.10 Å². The summed E-state index contributed by atoms with van der Waals surface area (Å²) in [6, 6.07) is 1.99. The molecule has 0 saturated heterocycles. The molecule has 1 atom stereocenters. The van der Waals surface area contributed by atoms with Crippen molar-refractivity contribution in [3.63, 3.8) is 0 Å². The number of aromatic nitrogens is 2. The van der Waals surface area contributed by atoms with Crippen molar-refractivity contribution in [1.82, 2.24) is 9.78 Å². The number of aryl methyl sites for hydroxylation is 2. The van der Waals surface area contributed by atoms with Crippen LogP contribution in [-0.2, 0) is 13.5 Å².